The van der Waals surface area contributed by atoms with E-state index in [1.807, 2.05) is 12.1 Å². The highest BCUT2D eigenvalue weighted by molar-refractivity contribution is 6.06. The van der Waals surface area contributed by atoms with Crippen LogP contribution in [0.25, 0.3) is 27.5 Å². The molecule has 0 aliphatic heterocycles. The van der Waals surface area contributed by atoms with Crippen molar-refractivity contribution in [2.75, 3.05) is 0 Å². The van der Waals surface area contributed by atoms with Crippen molar-refractivity contribution in [3.8, 4) is 11.1 Å². The van der Waals surface area contributed by atoms with Gasteiger partial charge in [0.25, 0.3) is 0 Å². The van der Waals surface area contributed by atoms with Gasteiger partial charge in [0.2, 0.25) is 0 Å². The minimum absolute atomic E-state index is 0.982. The first kappa shape index (κ1) is 14.6. The molecule has 0 saturated carbocycles. The molecule has 1 aliphatic carbocycles. The number of allylic oxidation sites excluding steroid dienone is 4. The Morgan fingerprint density at radius 1 is 0.833 bits per heavy atom. The molecule has 1 aliphatic rings. The number of rotatable bonds is 3. The van der Waals surface area contributed by atoms with E-state index in [9.17, 15) is 0 Å². The van der Waals surface area contributed by atoms with Crippen LogP contribution in [-0.2, 0) is 0 Å². The van der Waals surface area contributed by atoms with Crippen LogP contribution in [0, 0.1) is 5.41 Å². The van der Waals surface area contributed by atoms with Crippen molar-refractivity contribution in [3.05, 3.63) is 89.5 Å². The minimum Gasteiger partial charge on any atom is -0.308 e. The van der Waals surface area contributed by atoms with E-state index < -0.39 is 0 Å². The first-order chi connectivity index (χ1) is 11.8. The van der Waals surface area contributed by atoms with Crippen molar-refractivity contribution in [1.82, 2.24) is 0 Å². The minimum atomic E-state index is 0.982. The summed E-state index contributed by atoms with van der Waals surface area (Å²) < 4.78 is 0. The lowest BCUT2D eigenvalue weighted by atomic mass is 9.89. The summed E-state index contributed by atoms with van der Waals surface area (Å²) in [6.07, 6.45) is 7.01. The fourth-order valence-electron chi connectivity index (χ4n) is 3.54. The Labute approximate surface area is 142 Å². The lowest BCUT2D eigenvalue weighted by Gasteiger charge is -2.15. The molecule has 0 spiro atoms. The molecule has 3 aromatic carbocycles. The van der Waals surface area contributed by atoms with E-state index in [1.54, 1.807) is 0 Å². The van der Waals surface area contributed by atoms with Gasteiger partial charge in [-0.15, -0.1) is 0 Å². The Kier molecular flexibility index (Phi) is 3.62. The zero-order valence-electron chi connectivity index (χ0n) is 13.7. The lowest BCUT2D eigenvalue weighted by molar-refractivity contribution is 1.41. The van der Waals surface area contributed by atoms with Crippen molar-refractivity contribution in [2.45, 2.75) is 13.3 Å². The predicted octanol–water partition coefficient (Wildman–Crippen LogP) is 6.24. The van der Waals surface area contributed by atoms with Gasteiger partial charge in [0.1, 0.15) is 0 Å². The van der Waals surface area contributed by atoms with Crippen LogP contribution in [0.15, 0.2) is 78.4 Å². The van der Waals surface area contributed by atoms with Gasteiger partial charge in [0.15, 0.2) is 0 Å². The first-order valence-electron chi connectivity index (χ1n) is 8.27. The van der Waals surface area contributed by atoms with Gasteiger partial charge in [0, 0.05) is 11.8 Å². The zero-order valence-corrected chi connectivity index (χ0v) is 13.7. The van der Waals surface area contributed by atoms with Gasteiger partial charge in [-0.3, -0.25) is 0 Å². The number of hydrogen-bond donors (Lipinski definition) is 1. The third-order valence-electron chi connectivity index (χ3n) is 4.72. The molecule has 0 radical (unpaired) electrons. The molecular formula is C23H19N. The standard InChI is InChI=1S/C23H19N/c1-16-10-11-18(14-16)20-8-4-5-9-21(20)22-13-12-17-6-2-3-7-19(17)23(22)15-24/h2-10,12-15,24H,11H2,1H3. The normalized spacial score (nSPS) is 13.7. The van der Waals surface area contributed by atoms with Gasteiger partial charge >= 0.3 is 0 Å². The molecule has 1 N–H and O–H groups in total. The van der Waals surface area contributed by atoms with Crippen LogP contribution in [0.5, 0.6) is 0 Å². The highest BCUT2D eigenvalue weighted by Crippen LogP contribution is 2.37. The number of hydrogen-bond acceptors (Lipinski definition) is 1. The smallest absolute Gasteiger partial charge is 0.0262 e. The molecule has 3 aromatic rings. The summed E-state index contributed by atoms with van der Waals surface area (Å²) in [4.78, 5) is 0. The van der Waals surface area contributed by atoms with Crippen molar-refractivity contribution >= 4 is 22.6 Å². The van der Waals surface area contributed by atoms with Crippen LogP contribution in [0.3, 0.4) is 0 Å². The Balaban J connectivity index is 1.96. The van der Waals surface area contributed by atoms with Gasteiger partial charge < -0.3 is 5.41 Å². The van der Waals surface area contributed by atoms with Crippen molar-refractivity contribution in [2.24, 2.45) is 0 Å². The predicted molar refractivity (Wildman–Crippen MR) is 104 cm³/mol. The zero-order chi connectivity index (χ0) is 16.5. The molecule has 0 aromatic heterocycles. The van der Waals surface area contributed by atoms with Crippen LogP contribution in [0.2, 0.25) is 0 Å². The van der Waals surface area contributed by atoms with E-state index >= 15 is 0 Å². The molecule has 1 nitrogen and oxygen atoms in total. The first-order valence-corrected chi connectivity index (χ1v) is 8.27. The maximum absolute atomic E-state index is 7.98. The second-order valence-electron chi connectivity index (χ2n) is 6.26. The highest BCUT2D eigenvalue weighted by Gasteiger charge is 2.15. The van der Waals surface area contributed by atoms with Gasteiger partial charge in [-0.25, -0.2) is 0 Å². The third-order valence-corrected chi connectivity index (χ3v) is 4.72. The van der Waals surface area contributed by atoms with Gasteiger partial charge in [-0.1, -0.05) is 78.4 Å². The van der Waals surface area contributed by atoms with E-state index in [1.165, 1.54) is 33.9 Å². The molecule has 0 atom stereocenters. The molecule has 0 unspecified atom stereocenters. The average molecular weight is 309 g/mol. The Hall–Kier alpha value is -2.93. The summed E-state index contributed by atoms with van der Waals surface area (Å²) in [5.74, 6) is 0. The van der Waals surface area contributed by atoms with Gasteiger partial charge in [0.05, 0.1) is 0 Å². The van der Waals surface area contributed by atoms with Crippen molar-refractivity contribution < 1.29 is 0 Å². The fourth-order valence-corrected chi connectivity index (χ4v) is 3.54. The molecule has 116 valence electrons. The summed E-state index contributed by atoms with van der Waals surface area (Å²) in [5, 5.41) is 10.3. The lowest BCUT2D eigenvalue weighted by Crippen LogP contribution is -1.94. The highest BCUT2D eigenvalue weighted by atomic mass is 14.3. The van der Waals surface area contributed by atoms with E-state index in [0.29, 0.717) is 0 Å². The number of nitrogens with one attached hydrogen (secondary N) is 1. The molecule has 0 amide bonds. The van der Waals surface area contributed by atoms with Gasteiger partial charge in [-0.2, -0.15) is 0 Å². The van der Waals surface area contributed by atoms with Crippen molar-refractivity contribution in [1.29, 1.82) is 5.41 Å². The fraction of sp³-hybridized carbons (Fsp3) is 0.0870. The maximum atomic E-state index is 7.98. The topological polar surface area (TPSA) is 23.9 Å². The SMILES string of the molecule is CC1=CCC(c2ccccc2-c2ccc3ccccc3c2C=N)=C1. The second-order valence-corrected chi connectivity index (χ2v) is 6.26. The number of benzene rings is 3. The molecule has 0 fully saturated rings. The Morgan fingerprint density at radius 3 is 2.33 bits per heavy atom. The van der Waals surface area contributed by atoms with Crippen LogP contribution in [-0.4, -0.2) is 6.21 Å². The summed E-state index contributed by atoms with van der Waals surface area (Å²) in [6.45, 7) is 2.15. The summed E-state index contributed by atoms with van der Waals surface area (Å²) in [7, 11) is 0. The number of fused-ring (bicyclic) bond motifs is 1. The van der Waals surface area contributed by atoms with Crippen LogP contribution in [0.1, 0.15) is 24.5 Å². The average Bonchev–Trinajstić information content (AvgIpc) is 3.07. The molecule has 1 heteroatoms. The van der Waals surface area contributed by atoms with E-state index in [4.69, 9.17) is 5.41 Å². The second kappa shape index (κ2) is 5.93. The van der Waals surface area contributed by atoms with E-state index in [0.717, 1.165) is 22.9 Å². The largest absolute Gasteiger partial charge is 0.308 e. The third kappa shape index (κ3) is 2.39. The maximum Gasteiger partial charge on any atom is 0.0262 e. The molecule has 0 saturated heterocycles. The van der Waals surface area contributed by atoms with Crippen LogP contribution >= 0.6 is 0 Å². The summed E-state index contributed by atoms with van der Waals surface area (Å²) in [5.41, 5.74) is 7.27. The van der Waals surface area contributed by atoms with Crippen LogP contribution in [0.4, 0.5) is 0 Å². The molecule has 24 heavy (non-hydrogen) atoms. The molecule has 0 bridgehead atoms. The van der Waals surface area contributed by atoms with E-state index in [-0.39, 0.29) is 0 Å². The molecule has 4 rings (SSSR count). The summed E-state index contributed by atoms with van der Waals surface area (Å²) >= 11 is 0. The Bertz CT molecular complexity index is 1010. The summed E-state index contributed by atoms with van der Waals surface area (Å²) in [6, 6.07) is 21.1. The quantitative estimate of drug-likeness (QED) is 0.554. The van der Waals surface area contributed by atoms with Gasteiger partial charge in [-0.05, 0) is 46.4 Å². The Morgan fingerprint density at radius 2 is 1.58 bits per heavy atom. The van der Waals surface area contributed by atoms with Crippen LogP contribution < -0.4 is 0 Å². The molecular weight excluding hydrogens is 290 g/mol. The monoisotopic (exact) mass is 309 g/mol. The van der Waals surface area contributed by atoms with E-state index in [2.05, 4.69) is 67.6 Å². The molecule has 0 heterocycles. The van der Waals surface area contributed by atoms with Crippen molar-refractivity contribution in [3.63, 3.8) is 0 Å².